The average Bonchev–Trinajstić information content (AvgIpc) is 2.89. The molecule has 3 rings (SSSR count). The third kappa shape index (κ3) is 2.89. The number of aliphatic hydroxyl groups is 1. The van der Waals surface area contributed by atoms with Gasteiger partial charge in [-0.1, -0.05) is 12.1 Å². The van der Waals surface area contributed by atoms with Crippen LogP contribution in [0.4, 0.5) is 19.1 Å². The maximum Gasteiger partial charge on any atom is 0.416 e. The minimum atomic E-state index is -4.35. The van der Waals surface area contributed by atoms with Crippen molar-refractivity contribution in [3.63, 3.8) is 0 Å². The molecule has 0 radical (unpaired) electrons. The van der Waals surface area contributed by atoms with Gasteiger partial charge in [0.25, 0.3) is 0 Å². The summed E-state index contributed by atoms with van der Waals surface area (Å²) in [6, 6.07) is 6.46. The molecule has 0 saturated carbocycles. The van der Waals surface area contributed by atoms with E-state index in [9.17, 15) is 18.3 Å². The van der Waals surface area contributed by atoms with Gasteiger partial charge in [0, 0.05) is 18.9 Å². The van der Waals surface area contributed by atoms with Crippen molar-refractivity contribution in [2.75, 3.05) is 11.4 Å². The molecule has 1 aromatic heterocycles. The van der Waals surface area contributed by atoms with Gasteiger partial charge in [-0.15, -0.1) is 0 Å². The van der Waals surface area contributed by atoms with Crippen LogP contribution in [0.2, 0.25) is 0 Å². The van der Waals surface area contributed by atoms with E-state index in [0.717, 1.165) is 12.1 Å². The fourth-order valence-electron chi connectivity index (χ4n) is 2.68. The van der Waals surface area contributed by atoms with Crippen LogP contribution in [-0.4, -0.2) is 27.7 Å². The summed E-state index contributed by atoms with van der Waals surface area (Å²) in [6.07, 6.45) is -1.29. The number of rotatable bonds is 2. The first-order chi connectivity index (χ1) is 10.4. The molecule has 2 heterocycles. The minimum absolute atomic E-state index is 0.236. The van der Waals surface area contributed by atoms with E-state index >= 15 is 0 Å². The molecule has 2 atom stereocenters. The molecule has 7 heteroatoms. The molecule has 2 aromatic rings. The van der Waals surface area contributed by atoms with Gasteiger partial charge >= 0.3 is 6.18 Å². The van der Waals surface area contributed by atoms with Crippen LogP contribution in [0.1, 0.15) is 23.6 Å². The van der Waals surface area contributed by atoms with Gasteiger partial charge in [-0.25, -0.2) is 9.97 Å². The molecule has 4 nitrogen and oxygen atoms in total. The van der Waals surface area contributed by atoms with Gasteiger partial charge in [0.05, 0.1) is 17.7 Å². The van der Waals surface area contributed by atoms with Crippen LogP contribution in [-0.2, 0) is 6.18 Å². The molecule has 1 aliphatic heterocycles. The lowest BCUT2D eigenvalue weighted by Crippen LogP contribution is -2.26. The van der Waals surface area contributed by atoms with E-state index in [1.807, 2.05) is 4.90 Å². The fraction of sp³-hybridized carbons (Fsp3) is 0.333. The number of hydrogen-bond donors (Lipinski definition) is 1. The third-order valence-corrected chi connectivity index (χ3v) is 3.71. The number of alkyl halides is 3. The number of benzene rings is 1. The van der Waals surface area contributed by atoms with Crippen molar-refractivity contribution in [2.24, 2.45) is 0 Å². The minimum Gasteiger partial charge on any atom is -0.391 e. The van der Waals surface area contributed by atoms with E-state index in [0.29, 0.717) is 24.5 Å². The average molecular weight is 309 g/mol. The van der Waals surface area contributed by atoms with Gasteiger partial charge < -0.3 is 10.0 Å². The molecular formula is C15H14F3N3O. The molecule has 1 aliphatic rings. The van der Waals surface area contributed by atoms with Crippen LogP contribution in [0.25, 0.3) is 0 Å². The molecule has 0 unspecified atom stereocenters. The van der Waals surface area contributed by atoms with Crippen molar-refractivity contribution in [3.05, 3.63) is 53.9 Å². The van der Waals surface area contributed by atoms with E-state index in [1.165, 1.54) is 12.1 Å². The van der Waals surface area contributed by atoms with Crippen molar-refractivity contribution in [1.82, 2.24) is 9.97 Å². The molecule has 116 valence electrons. The molecule has 0 spiro atoms. The Morgan fingerprint density at radius 1 is 1.09 bits per heavy atom. The Morgan fingerprint density at radius 2 is 1.73 bits per heavy atom. The molecule has 22 heavy (non-hydrogen) atoms. The number of anilines is 1. The first kappa shape index (κ1) is 14.8. The maximum atomic E-state index is 12.6. The van der Waals surface area contributed by atoms with Crippen LogP contribution in [0.5, 0.6) is 0 Å². The topological polar surface area (TPSA) is 49.2 Å². The number of aliphatic hydroxyl groups excluding tert-OH is 1. The van der Waals surface area contributed by atoms with E-state index in [2.05, 4.69) is 9.97 Å². The van der Waals surface area contributed by atoms with Crippen molar-refractivity contribution in [2.45, 2.75) is 24.7 Å². The van der Waals surface area contributed by atoms with Crippen LogP contribution >= 0.6 is 0 Å². The highest BCUT2D eigenvalue weighted by Crippen LogP contribution is 2.36. The van der Waals surface area contributed by atoms with Gasteiger partial charge in [-0.2, -0.15) is 13.2 Å². The second kappa shape index (κ2) is 5.57. The zero-order valence-electron chi connectivity index (χ0n) is 11.5. The van der Waals surface area contributed by atoms with Gasteiger partial charge in [-0.3, -0.25) is 0 Å². The van der Waals surface area contributed by atoms with E-state index in [1.54, 1.807) is 18.5 Å². The summed E-state index contributed by atoms with van der Waals surface area (Å²) in [5.41, 5.74) is 0.0225. The smallest absolute Gasteiger partial charge is 0.391 e. The largest absolute Gasteiger partial charge is 0.416 e. The first-order valence-electron chi connectivity index (χ1n) is 6.84. The summed E-state index contributed by atoms with van der Waals surface area (Å²) in [5, 5.41) is 9.90. The fourth-order valence-corrected chi connectivity index (χ4v) is 2.68. The molecule has 1 aromatic carbocycles. The summed E-state index contributed by atoms with van der Waals surface area (Å²) in [4.78, 5) is 10.1. The molecule has 1 N–H and O–H groups in total. The van der Waals surface area contributed by atoms with Crippen molar-refractivity contribution < 1.29 is 18.3 Å². The zero-order chi connectivity index (χ0) is 15.7. The lowest BCUT2D eigenvalue weighted by atomic mass is 10.0. The first-order valence-corrected chi connectivity index (χ1v) is 6.84. The van der Waals surface area contributed by atoms with Gasteiger partial charge in [-0.05, 0) is 30.2 Å². The van der Waals surface area contributed by atoms with Crippen LogP contribution in [0, 0.1) is 0 Å². The number of nitrogens with zero attached hydrogens (tertiary/aromatic N) is 3. The van der Waals surface area contributed by atoms with Crippen LogP contribution < -0.4 is 4.90 Å². The van der Waals surface area contributed by atoms with Gasteiger partial charge in [0.1, 0.15) is 0 Å². The number of β-amino-alcohol motifs (C(OH)–C–C–N with tert-alkyl or cyclic N) is 1. The lowest BCUT2D eigenvalue weighted by Gasteiger charge is -2.24. The Morgan fingerprint density at radius 3 is 2.32 bits per heavy atom. The Bertz CT molecular complexity index is 631. The maximum absolute atomic E-state index is 12.6. The van der Waals surface area contributed by atoms with Crippen molar-refractivity contribution in [3.8, 4) is 0 Å². The molecular weight excluding hydrogens is 295 g/mol. The lowest BCUT2D eigenvalue weighted by molar-refractivity contribution is -0.137. The monoisotopic (exact) mass is 309 g/mol. The third-order valence-electron chi connectivity index (χ3n) is 3.71. The second-order valence-electron chi connectivity index (χ2n) is 5.23. The van der Waals surface area contributed by atoms with Crippen LogP contribution in [0.15, 0.2) is 42.7 Å². The summed E-state index contributed by atoms with van der Waals surface area (Å²) >= 11 is 0. The quantitative estimate of drug-likeness (QED) is 0.927. The molecule has 1 fully saturated rings. The number of aromatic nitrogens is 2. The highest BCUT2D eigenvalue weighted by Gasteiger charge is 2.35. The molecule has 1 saturated heterocycles. The van der Waals surface area contributed by atoms with Gasteiger partial charge in [0.2, 0.25) is 5.95 Å². The van der Waals surface area contributed by atoms with E-state index in [-0.39, 0.29) is 6.04 Å². The molecule has 0 aliphatic carbocycles. The number of hydrogen-bond acceptors (Lipinski definition) is 4. The van der Waals surface area contributed by atoms with Crippen LogP contribution in [0.3, 0.4) is 0 Å². The standard InChI is InChI=1S/C15H14F3N3O/c16-15(17,18)11-4-2-10(3-5-11)13-8-12(22)9-21(13)14-19-6-1-7-20-14/h1-7,12-13,22H,8-9H2/t12-,13+/m0/s1. The summed E-state index contributed by atoms with van der Waals surface area (Å²) in [5.74, 6) is 0.462. The second-order valence-corrected chi connectivity index (χ2v) is 5.23. The predicted molar refractivity (Wildman–Crippen MR) is 74.2 cm³/mol. The summed E-state index contributed by atoms with van der Waals surface area (Å²) in [7, 11) is 0. The van der Waals surface area contributed by atoms with E-state index in [4.69, 9.17) is 0 Å². The predicted octanol–water partition coefficient (Wildman–Crippen LogP) is 2.81. The zero-order valence-corrected chi connectivity index (χ0v) is 11.5. The van der Waals surface area contributed by atoms with Crippen molar-refractivity contribution in [1.29, 1.82) is 0 Å². The Kier molecular flexibility index (Phi) is 3.74. The Hall–Kier alpha value is -2.15. The Balaban J connectivity index is 1.89. The Labute approximate surface area is 125 Å². The summed E-state index contributed by atoms with van der Waals surface area (Å²) in [6.45, 7) is 0.357. The normalized spacial score (nSPS) is 22.1. The van der Waals surface area contributed by atoms with Gasteiger partial charge in [0.15, 0.2) is 0 Å². The van der Waals surface area contributed by atoms with E-state index < -0.39 is 17.8 Å². The molecule has 0 bridgehead atoms. The molecule has 0 amide bonds. The van der Waals surface area contributed by atoms with Crippen molar-refractivity contribution >= 4 is 5.95 Å². The highest BCUT2D eigenvalue weighted by molar-refractivity contribution is 5.39. The summed E-state index contributed by atoms with van der Waals surface area (Å²) < 4.78 is 37.9. The number of halogens is 3. The highest BCUT2D eigenvalue weighted by atomic mass is 19.4. The SMILES string of the molecule is O[C@H]1C[C@H](c2ccc(C(F)(F)F)cc2)N(c2ncccn2)C1.